The van der Waals surface area contributed by atoms with E-state index in [4.69, 9.17) is 9.15 Å². The lowest BCUT2D eigenvalue weighted by atomic mass is 10.1. The Morgan fingerprint density at radius 1 is 1.19 bits per heavy atom. The van der Waals surface area contributed by atoms with Gasteiger partial charge in [-0.2, -0.15) is 4.98 Å². The molecule has 0 bridgehead atoms. The monoisotopic (exact) mass is 349 g/mol. The number of benzene rings is 2. The molecule has 2 aromatic carbocycles. The lowest BCUT2D eigenvalue weighted by Gasteiger charge is -2.07. The third kappa shape index (κ3) is 3.21. The fourth-order valence-electron chi connectivity index (χ4n) is 2.87. The van der Waals surface area contributed by atoms with Crippen LogP contribution in [0.15, 0.2) is 59.1 Å². The van der Waals surface area contributed by atoms with Crippen molar-refractivity contribution in [2.24, 2.45) is 0 Å². The van der Waals surface area contributed by atoms with Crippen LogP contribution in [-0.2, 0) is 13.0 Å². The van der Waals surface area contributed by atoms with Gasteiger partial charge in [-0.1, -0.05) is 30.3 Å². The van der Waals surface area contributed by atoms with Crippen LogP contribution in [0, 0.1) is 0 Å². The summed E-state index contributed by atoms with van der Waals surface area (Å²) in [6.45, 7) is 0.514. The fraction of sp³-hybridized carbons (Fsp3) is 0.150. The molecular weight excluding hydrogens is 330 g/mol. The molecule has 2 aromatic heterocycles. The second-order valence-corrected chi connectivity index (χ2v) is 5.99. The molecule has 3 N–H and O–H groups in total. The van der Waals surface area contributed by atoms with Gasteiger partial charge in [-0.05, 0) is 29.3 Å². The molecule has 4 rings (SSSR count). The zero-order valence-corrected chi connectivity index (χ0v) is 14.3. The second-order valence-electron chi connectivity index (χ2n) is 5.99. The van der Waals surface area contributed by atoms with Crippen LogP contribution in [0.3, 0.4) is 0 Å². The molecule has 26 heavy (non-hydrogen) atoms. The van der Waals surface area contributed by atoms with Gasteiger partial charge in [-0.15, -0.1) is 0 Å². The summed E-state index contributed by atoms with van der Waals surface area (Å²) in [5.74, 6) is 1.12. The molecule has 6 heteroatoms. The minimum atomic E-state index is -0.0971. The van der Waals surface area contributed by atoms with E-state index in [0.717, 1.165) is 27.8 Å². The minimum absolute atomic E-state index is 0.0971. The van der Waals surface area contributed by atoms with Gasteiger partial charge in [0.2, 0.25) is 0 Å². The number of rotatable bonds is 6. The van der Waals surface area contributed by atoms with Crippen LogP contribution in [0.2, 0.25) is 0 Å². The number of aromatic amines is 1. The number of nitrogens with zero attached hydrogens (tertiary/aromatic N) is 1. The van der Waals surface area contributed by atoms with Crippen molar-refractivity contribution in [3.63, 3.8) is 0 Å². The fourth-order valence-corrected chi connectivity index (χ4v) is 2.87. The van der Waals surface area contributed by atoms with Crippen molar-refractivity contribution < 1.29 is 14.3 Å². The molecule has 0 fully saturated rings. The number of aromatic nitrogens is 2. The Labute approximate surface area is 150 Å². The first-order chi connectivity index (χ1) is 12.7. The van der Waals surface area contributed by atoms with Gasteiger partial charge in [-0.3, -0.25) is 0 Å². The molecule has 0 amide bonds. The second kappa shape index (κ2) is 6.84. The molecule has 6 nitrogen and oxygen atoms in total. The topological polar surface area (TPSA) is 83.3 Å². The van der Waals surface area contributed by atoms with Gasteiger partial charge in [-0.25, -0.2) is 0 Å². The van der Waals surface area contributed by atoms with Crippen molar-refractivity contribution in [2.75, 3.05) is 12.4 Å². The third-order valence-electron chi connectivity index (χ3n) is 4.23. The SMILES string of the molecule is CNc1nc(O)c(Cc2c[nH]c3ccc(OCc4ccccc4)cc23)o1. The maximum absolute atomic E-state index is 9.92. The highest BCUT2D eigenvalue weighted by molar-refractivity contribution is 5.85. The van der Waals surface area contributed by atoms with Crippen LogP contribution in [0.4, 0.5) is 6.01 Å². The van der Waals surface area contributed by atoms with Gasteiger partial charge in [0.05, 0.1) is 0 Å². The largest absolute Gasteiger partial charge is 0.491 e. The Hall–Kier alpha value is -3.41. The zero-order valence-electron chi connectivity index (χ0n) is 14.3. The zero-order chi connectivity index (χ0) is 17.9. The van der Waals surface area contributed by atoms with Crippen molar-refractivity contribution in [2.45, 2.75) is 13.0 Å². The molecule has 0 radical (unpaired) electrons. The molecule has 132 valence electrons. The van der Waals surface area contributed by atoms with E-state index < -0.39 is 0 Å². The predicted octanol–water partition coefficient (Wildman–Crippen LogP) is 4.07. The summed E-state index contributed by atoms with van der Waals surface area (Å²) in [4.78, 5) is 7.15. The summed E-state index contributed by atoms with van der Waals surface area (Å²) < 4.78 is 11.4. The number of oxazole rings is 1. The van der Waals surface area contributed by atoms with E-state index in [-0.39, 0.29) is 5.88 Å². The summed E-state index contributed by atoms with van der Waals surface area (Å²) in [5.41, 5.74) is 3.12. The van der Waals surface area contributed by atoms with Crippen LogP contribution in [0.1, 0.15) is 16.9 Å². The van der Waals surface area contributed by atoms with Crippen molar-refractivity contribution >= 4 is 16.9 Å². The summed E-state index contributed by atoms with van der Waals surface area (Å²) in [7, 11) is 1.69. The highest BCUT2D eigenvalue weighted by Crippen LogP contribution is 2.29. The van der Waals surface area contributed by atoms with E-state index in [2.05, 4.69) is 15.3 Å². The van der Waals surface area contributed by atoms with E-state index in [0.29, 0.717) is 24.8 Å². The Morgan fingerprint density at radius 2 is 2.04 bits per heavy atom. The van der Waals surface area contributed by atoms with E-state index in [1.54, 1.807) is 7.05 Å². The standard InChI is InChI=1S/C20H19N3O3/c1-21-20-23-19(24)18(26-20)9-14-11-22-17-8-7-15(10-16(14)17)25-12-13-5-3-2-4-6-13/h2-8,10-11,22,24H,9,12H2,1H3,(H,21,23). The first kappa shape index (κ1) is 16.1. The van der Waals surface area contributed by atoms with E-state index >= 15 is 0 Å². The number of anilines is 1. The first-order valence-electron chi connectivity index (χ1n) is 8.36. The van der Waals surface area contributed by atoms with Gasteiger partial charge in [0.25, 0.3) is 11.9 Å². The predicted molar refractivity (Wildman–Crippen MR) is 99.6 cm³/mol. The first-order valence-corrected chi connectivity index (χ1v) is 8.36. The minimum Gasteiger partial charge on any atom is -0.491 e. The molecule has 0 atom stereocenters. The van der Waals surface area contributed by atoms with Gasteiger partial charge >= 0.3 is 0 Å². The van der Waals surface area contributed by atoms with Crippen LogP contribution in [0.25, 0.3) is 10.9 Å². The highest BCUT2D eigenvalue weighted by atomic mass is 16.5. The average Bonchev–Trinajstić information content (AvgIpc) is 3.24. The number of hydrogen-bond acceptors (Lipinski definition) is 5. The summed E-state index contributed by atoms with van der Waals surface area (Å²) in [6.07, 6.45) is 2.34. The molecule has 0 saturated heterocycles. The summed E-state index contributed by atoms with van der Waals surface area (Å²) >= 11 is 0. The Balaban J connectivity index is 1.57. The lowest BCUT2D eigenvalue weighted by Crippen LogP contribution is -1.94. The maximum Gasteiger partial charge on any atom is 0.297 e. The number of hydrogen-bond donors (Lipinski definition) is 3. The molecular formula is C20H19N3O3. The molecule has 0 aliphatic carbocycles. The van der Waals surface area contributed by atoms with Gasteiger partial charge < -0.3 is 24.6 Å². The quantitative estimate of drug-likeness (QED) is 0.489. The van der Waals surface area contributed by atoms with Crippen LogP contribution in [-0.4, -0.2) is 22.1 Å². The normalized spacial score (nSPS) is 11.0. The summed E-state index contributed by atoms with van der Waals surface area (Å²) in [6, 6.07) is 16.3. The van der Waals surface area contributed by atoms with Gasteiger partial charge in [0.15, 0.2) is 5.76 Å². The van der Waals surface area contributed by atoms with Crippen molar-refractivity contribution in [3.05, 3.63) is 71.6 Å². The van der Waals surface area contributed by atoms with E-state index in [1.807, 2.05) is 54.7 Å². The lowest BCUT2D eigenvalue weighted by molar-refractivity contribution is 0.306. The third-order valence-corrected chi connectivity index (χ3v) is 4.23. The van der Waals surface area contributed by atoms with Crippen LogP contribution < -0.4 is 10.1 Å². The Kier molecular flexibility index (Phi) is 4.23. The van der Waals surface area contributed by atoms with Crippen molar-refractivity contribution in [1.29, 1.82) is 0 Å². The Morgan fingerprint density at radius 3 is 2.81 bits per heavy atom. The maximum atomic E-state index is 9.92. The molecule has 0 aliphatic heterocycles. The highest BCUT2D eigenvalue weighted by Gasteiger charge is 2.15. The van der Waals surface area contributed by atoms with Crippen molar-refractivity contribution in [3.8, 4) is 11.6 Å². The van der Waals surface area contributed by atoms with Gasteiger partial charge in [0, 0.05) is 30.6 Å². The molecule has 0 saturated carbocycles. The number of aromatic hydroxyl groups is 1. The van der Waals surface area contributed by atoms with Crippen molar-refractivity contribution in [1.82, 2.24) is 9.97 Å². The van der Waals surface area contributed by atoms with E-state index in [1.165, 1.54) is 0 Å². The Bertz CT molecular complexity index is 1020. The molecule has 0 aliphatic rings. The number of nitrogens with one attached hydrogen (secondary N) is 2. The molecule has 0 unspecified atom stereocenters. The smallest absolute Gasteiger partial charge is 0.297 e. The molecule has 4 aromatic rings. The van der Waals surface area contributed by atoms with Crippen LogP contribution in [0.5, 0.6) is 11.6 Å². The van der Waals surface area contributed by atoms with Crippen LogP contribution >= 0.6 is 0 Å². The number of ether oxygens (including phenoxy) is 1. The summed E-state index contributed by atoms with van der Waals surface area (Å²) in [5, 5.41) is 13.7. The van der Waals surface area contributed by atoms with Gasteiger partial charge in [0.1, 0.15) is 12.4 Å². The number of fused-ring (bicyclic) bond motifs is 1. The van der Waals surface area contributed by atoms with E-state index in [9.17, 15) is 5.11 Å². The number of H-pyrrole nitrogens is 1. The average molecular weight is 349 g/mol. The molecule has 2 heterocycles. The molecule has 0 spiro atoms.